The van der Waals surface area contributed by atoms with Crippen LogP contribution in [0.2, 0.25) is 5.02 Å². The number of anilines is 4. The fourth-order valence-corrected chi connectivity index (χ4v) is 3.34. The first-order valence-corrected chi connectivity index (χ1v) is 8.83. The second kappa shape index (κ2) is 6.84. The van der Waals surface area contributed by atoms with Crippen molar-refractivity contribution in [2.24, 2.45) is 0 Å². The Morgan fingerprint density at radius 3 is 2.88 bits per heavy atom. The van der Waals surface area contributed by atoms with Gasteiger partial charge >= 0.3 is 0 Å². The number of nitrogens with one attached hydrogen (secondary N) is 1. The molecule has 0 radical (unpaired) electrons. The molecular weight excluding hydrogens is 348 g/mol. The van der Waals surface area contributed by atoms with E-state index in [1.165, 1.54) is 11.3 Å². The lowest BCUT2D eigenvalue weighted by Crippen LogP contribution is -2.15. The van der Waals surface area contributed by atoms with E-state index in [4.69, 9.17) is 21.3 Å². The van der Waals surface area contributed by atoms with Crippen LogP contribution in [0, 0.1) is 6.92 Å². The molecule has 0 fully saturated rings. The molecule has 0 bridgehead atoms. The van der Waals surface area contributed by atoms with Crippen LogP contribution in [0.4, 0.5) is 23.1 Å². The fourth-order valence-electron chi connectivity index (χ4n) is 3.19. The number of nitrogens with zero attached hydrogens (tertiary/aromatic N) is 3. The average molecular weight is 367 g/mol. The van der Waals surface area contributed by atoms with Crippen LogP contribution >= 0.6 is 11.6 Å². The van der Waals surface area contributed by atoms with Gasteiger partial charge in [-0.05, 0) is 42.7 Å². The third kappa shape index (κ3) is 3.06. The molecule has 3 aromatic rings. The molecule has 5 nitrogen and oxygen atoms in total. The lowest BCUT2D eigenvalue weighted by Gasteiger charge is -2.19. The van der Waals surface area contributed by atoms with E-state index in [1.807, 2.05) is 19.1 Å². The molecule has 0 aliphatic carbocycles. The van der Waals surface area contributed by atoms with Crippen molar-refractivity contribution in [1.82, 2.24) is 9.97 Å². The third-order valence-corrected chi connectivity index (χ3v) is 4.94. The number of rotatable bonds is 4. The topological polar surface area (TPSA) is 50.3 Å². The van der Waals surface area contributed by atoms with Crippen molar-refractivity contribution in [2.75, 3.05) is 23.9 Å². The Kier molecular flexibility index (Phi) is 4.39. The third-order valence-electron chi connectivity index (χ3n) is 4.53. The molecule has 0 saturated heterocycles. The molecular formula is C20H19ClN4O. The van der Waals surface area contributed by atoms with Crippen LogP contribution in [0.25, 0.3) is 0 Å². The zero-order valence-corrected chi connectivity index (χ0v) is 15.4. The second-order valence-corrected chi connectivity index (χ2v) is 6.60. The fraction of sp³-hybridized carbons (Fsp3) is 0.200. The Labute approximate surface area is 157 Å². The molecule has 1 aliphatic rings. The predicted octanol–water partition coefficient (Wildman–Crippen LogP) is 4.88. The number of methoxy groups -OCH3 is 1. The van der Waals surface area contributed by atoms with Crippen LogP contribution in [0.5, 0.6) is 5.75 Å². The minimum Gasteiger partial charge on any atom is -0.495 e. The summed E-state index contributed by atoms with van der Waals surface area (Å²) in [6, 6.07) is 14.1. The van der Waals surface area contributed by atoms with Gasteiger partial charge in [-0.1, -0.05) is 29.8 Å². The molecule has 0 atom stereocenters. The van der Waals surface area contributed by atoms with E-state index in [2.05, 4.69) is 39.5 Å². The standard InChI is InChI=1S/C20H19ClN4O/c1-13-11-16(18(26-2)12-15(13)21)23-20-22-9-7-19(24-20)25-10-8-14-5-3-4-6-17(14)25/h3-7,9,11-12H,8,10H2,1-2H3,(H,22,23,24). The van der Waals surface area contributed by atoms with Crippen molar-refractivity contribution in [3.05, 3.63) is 64.8 Å². The van der Waals surface area contributed by atoms with Gasteiger partial charge in [0, 0.05) is 29.5 Å². The predicted molar refractivity (Wildman–Crippen MR) is 105 cm³/mol. The molecule has 26 heavy (non-hydrogen) atoms. The summed E-state index contributed by atoms with van der Waals surface area (Å²) in [5.74, 6) is 2.05. The summed E-state index contributed by atoms with van der Waals surface area (Å²) in [5.41, 5.74) is 4.29. The SMILES string of the molecule is COc1cc(Cl)c(C)cc1Nc1nccc(N2CCc3ccccc32)n1. The number of para-hydroxylation sites is 1. The minimum atomic E-state index is 0.520. The van der Waals surface area contributed by atoms with Gasteiger partial charge in [0.05, 0.1) is 12.8 Å². The normalized spacial score (nSPS) is 12.8. The number of fused-ring (bicyclic) bond motifs is 1. The highest BCUT2D eigenvalue weighted by atomic mass is 35.5. The van der Waals surface area contributed by atoms with Gasteiger partial charge in [0.2, 0.25) is 5.95 Å². The zero-order chi connectivity index (χ0) is 18.1. The molecule has 0 amide bonds. The van der Waals surface area contributed by atoms with Gasteiger partial charge in [-0.3, -0.25) is 0 Å². The number of hydrogen-bond donors (Lipinski definition) is 1. The van der Waals surface area contributed by atoms with Crippen molar-refractivity contribution < 1.29 is 4.74 Å². The van der Waals surface area contributed by atoms with Crippen molar-refractivity contribution in [3.8, 4) is 5.75 Å². The molecule has 1 aromatic heterocycles. The van der Waals surface area contributed by atoms with Crippen LogP contribution in [0.1, 0.15) is 11.1 Å². The molecule has 1 aliphatic heterocycles. The summed E-state index contributed by atoms with van der Waals surface area (Å²) in [7, 11) is 1.62. The highest BCUT2D eigenvalue weighted by Gasteiger charge is 2.21. The van der Waals surface area contributed by atoms with Crippen LogP contribution in [0.3, 0.4) is 0 Å². The summed E-state index contributed by atoms with van der Waals surface area (Å²) >= 11 is 6.18. The van der Waals surface area contributed by atoms with Crippen molar-refractivity contribution in [2.45, 2.75) is 13.3 Å². The van der Waals surface area contributed by atoms with E-state index >= 15 is 0 Å². The zero-order valence-electron chi connectivity index (χ0n) is 14.7. The van der Waals surface area contributed by atoms with Gasteiger partial charge in [-0.15, -0.1) is 0 Å². The Balaban J connectivity index is 1.65. The Hall–Kier alpha value is -2.79. The second-order valence-electron chi connectivity index (χ2n) is 6.20. The number of aromatic nitrogens is 2. The van der Waals surface area contributed by atoms with E-state index in [9.17, 15) is 0 Å². The average Bonchev–Trinajstić information content (AvgIpc) is 3.09. The van der Waals surface area contributed by atoms with Crippen molar-refractivity contribution in [1.29, 1.82) is 0 Å². The smallest absolute Gasteiger partial charge is 0.229 e. The van der Waals surface area contributed by atoms with Crippen LogP contribution in [0.15, 0.2) is 48.7 Å². The Bertz CT molecular complexity index is 960. The monoisotopic (exact) mass is 366 g/mol. The van der Waals surface area contributed by atoms with Gasteiger partial charge in [-0.25, -0.2) is 4.98 Å². The first-order chi connectivity index (χ1) is 12.7. The van der Waals surface area contributed by atoms with Gasteiger partial charge in [0.25, 0.3) is 0 Å². The summed E-state index contributed by atoms with van der Waals surface area (Å²) < 4.78 is 5.42. The molecule has 0 spiro atoms. The quantitative estimate of drug-likeness (QED) is 0.712. The molecule has 0 saturated carbocycles. The van der Waals surface area contributed by atoms with Crippen LogP contribution < -0.4 is 15.0 Å². The largest absolute Gasteiger partial charge is 0.495 e. The Morgan fingerprint density at radius 1 is 1.19 bits per heavy atom. The number of hydrogen-bond acceptors (Lipinski definition) is 5. The van der Waals surface area contributed by atoms with Crippen molar-refractivity contribution in [3.63, 3.8) is 0 Å². The molecule has 2 aromatic carbocycles. The molecule has 4 rings (SSSR count). The minimum absolute atomic E-state index is 0.520. The van der Waals surface area contributed by atoms with E-state index in [0.29, 0.717) is 16.7 Å². The van der Waals surface area contributed by atoms with Gasteiger partial charge in [0.1, 0.15) is 11.6 Å². The first-order valence-electron chi connectivity index (χ1n) is 8.45. The van der Waals surface area contributed by atoms with Gasteiger partial charge in [0.15, 0.2) is 0 Å². The number of ether oxygens (including phenoxy) is 1. The first kappa shape index (κ1) is 16.7. The lowest BCUT2D eigenvalue weighted by molar-refractivity contribution is 0.416. The highest BCUT2D eigenvalue weighted by Crippen LogP contribution is 2.35. The Morgan fingerprint density at radius 2 is 2.04 bits per heavy atom. The summed E-state index contributed by atoms with van der Waals surface area (Å²) in [4.78, 5) is 11.3. The van der Waals surface area contributed by atoms with E-state index < -0.39 is 0 Å². The van der Waals surface area contributed by atoms with Gasteiger partial charge < -0.3 is 15.0 Å². The maximum Gasteiger partial charge on any atom is 0.229 e. The number of aryl methyl sites for hydroxylation is 1. The molecule has 1 N–H and O–H groups in total. The summed E-state index contributed by atoms with van der Waals surface area (Å²) in [6.45, 7) is 2.87. The van der Waals surface area contributed by atoms with Crippen LogP contribution in [-0.2, 0) is 6.42 Å². The van der Waals surface area contributed by atoms with E-state index in [1.54, 1.807) is 19.4 Å². The molecule has 2 heterocycles. The van der Waals surface area contributed by atoms with E-state index in [-0.39, 0.29) is 0 Å². The summed E-state index contributed by atoms with van der Waals surface area (Å²) in [6.07, 6.45) is 2.79. The van der Waals surface area contributed by atoms with Crippen LogP contribution in [-0.4, -0.2) is 23.6 Å². The van der Waals surface area contributed by atoms with Gasteiger partial charge in [-0.2, -0.15) is 4.98 Å². The van der Waals surface area contributed by atoms with E-state index in [0.717, 1.165) is 30.0 Å². The number of benzene rings is 2. The van der Waals surface area contributed by atoms with Crippen molar-refractivity contribution >= 4 is 34.7 Å². The number of halogens is 1. The maximum atomic E-state index is 6.18. The lowest BCUT2D eigenvalue weighted by atomic mass is 10.2. The summed E-state index contributed by atoms with van der Waals surface area (Å²) in [5, 5.41) is 3.91. The molecule has 0 unspecified atom stereocenters. The maximum absolute atomic E-state index is 6.18. The molecule has 6 heteroatoms. The highest BCUT2D eigenvalue weighted by molar-refractivity contribution is 6.31. The molecule has 132 valence electrons.